The molecule has 0 unspecified atom stereocenters. The van der Waals surface area contributed by atoms with Crippen LogP contribution in [0.3, 0.4) is 0 Å². The van der Waals surface area contributed by atoms with Crippen molar-refractivity contribution in [3.05, 3.63) is 54.1 Å². The molecule has 7 nitrogen and oxygen atoms in total. The van der Waals surface area contributed by atoms with E-state index in [4.69, 9.17) is 5.73 Å². The molecule has 1 aromatic heterocycles. The van der Waals surface area contributed by atoms with Gasteiger partial charge in [0.25, 0.3) is 0 Å². The van der Waals surface area contributed by atoms with Crippen LogP contribution in [-0.2, 0) is 4.79 Å². The lowest BCUT2D eigenvalue weighted by atomic mass is 9.95. The predicted octanol–water partition coefficient (Wildman–Crippen LogP) is 2.47. The summed E-state index contributed by atoms with van der Waals surface area (Å²) in [6.45, 7) is 3.47. The lowest BCUT2D eigenvalue weighted by Crippen LogP contribution is -2.45. The highest BCUT2D eigenvalue weighted by atomic mass is 16.3. The Bertz CT molecular complexity index is 1030. The Labute approximate surface area is 149 Å². The molecule has 0 saturated carbocycles. The number of rotatable bonds is 2. The molecular weight excluding hydrogens is 332 g/mol. The van der Waals surface area contributed by atoms with E-state index in [0.717, 1.165) is 11.0 Å². The lowest BCUT2D eigenvalue weighted by molar-refractivity contribution is -0.116. The Hall–Kier alpha value is -3.48. The molecule has 0 bridgehead atoms. The first-order chi connectivity index (χ1) is 12.3. The van der Waals surface area contributed by atoms with Crippen LogP contribution in [-0.4, -0.2) is 31.5 Å². The van der Waals surface area contributed by atoms with E-state index in [2.05, 4.69) is 9.97 Å². The van der Waals surface area contributed by atoms with Crippen molar-refractivity contribution in [2.75, 3.05) is 4.90 Å². The molecule has 0 radical (unpaired) electrons. The van der Waals surface area contributed by atoms with E-state index in [0.29, 0.717) is 11.5 Å². The van der Waals surface area contributed by atoms with Crippen LogP contribution in [0.5, 0.6) is 11.5 Å². The van der Waals surface area contributed by atoms with Crippen molar-refractivity contribution in [1.29, 1.82) is 0 Å². The fraction of sp³-hybridized carbons (Fsp3) is 0.158. The number of aromatic hydroxyl groups is 2. The third-order valence-corrected chi connectivity index (χ3v) is 4.61. The Morgan fingerprint density at radius 2 is 1.77 bits per heavy atom. The first-order valence-electron chi connectivity index (χ1n) is 8.12. The molecule has 0 spiro atoms. The van der Waals surface area contributed by atoms with Gasteiger partial charge in [0.1, 0.15) is 34.3 Å². The van der Waals surface area contributed by atoms with Gasteiger partial charge >= 0.3 is 0 Å². The molecule has 7 heteroatoms. The van der Waals surface area contributed by atoms with E-state index in [9.17, 15) is 15.0 Å². The smallest absolute Gasteiger partial charge is 0.195 e. The molecule has 2 aromatic carbocycles. The van der Waals surface area contributed by atoms with Crippen molar-refractivity contribution in [2.24, 2.45) is 5.73 Å². The maximum absolute atomic E-state index is 13.1. The first-order valence-corrected chi connectivity index (χ1v) is 8.12. The molecule has 1 aliphatic rings. The van der Waals surface area contributed by atoms with Crippen LogP contribution in [0, 0.1) is 0 Å². The summed E-state index contributed by atoms with van der Waals surface area (Å²) >= 11 is 0. The van der Waals surface area contributed by atoms with E-state index in [1.807, 2.05) is 24.3 Å². The maximum atomic E-state index is 13.1. The second-order valence-corrected chi connectivity index (χ2v) is 6.79. The minimum absolute atomic E-state index is 0.117. The number of anilines is 1. The summed E-state index contributed by atoms with van der Waals surface area (Å²) in [5, 5.41) is 19.6. The van der Waals surface area contributed by atoms with Crippen molar-refractivity contribution >= 4 is 28.1 Å². The Morgan fingerprint density at radius 1 is 1.12 bits per heavy atom. The molecule has 0 aliphatic carbocycles. The molecule has 0 saturated heterocycles. The number of nitrogens with zero attached hydrogens (tertiary/aromatic N) is 2. The van der Waals surface area contributed by atoms with Crippen LogP contribution < -0.4 is 10.6 Å². The number of Topliss-reactive ketones (excluding diaryl/α,β-unsaturated/α-hetero) is 1. The number of hydrogen-bond acceptors (Lipinski definition) is 6. The zero-order valence-corrected chi connectivity index (χ0v) is 14.3. The second kappa shape index (κ2) is 5.26. The summed E-state index contributed by atoms with van der Waals surface area (Å²) < 4.78 is 0. The van der Waals surface area contributed by atoms with E-state index in [1.54, 1.807) is 18.7 Å². The van der Waals surface area contributed by atoms with Crippen molar-refractivity contribution in [3.63, 3.8) is 0 Å². The Balaban J connectivity index is 1.91. The summed E-state index contributed by atoms with van der Waals surface area (Å²) in [7, 11) is 0. The number of nitrogens with one attached hydrogen (secondary N) is 1. The molecule has 132 valence electrons. The molecule has 4 rings (SSSR count). The van der Waals surface area contributed by atoms with Crippen LogP contribution in [0.1, 0.15) is 19.7 Å². The number of hydrogen-bond donors (Lipinski definition) is 4. The van der Waals surface area contributed by atoms with Gasteiger partial charge < -0.3 is 25.8 Å². The number of ketones is 1. The quantitative estimate of drug-likeness (QED) is 0.564. The largest absolute Gasteiger partial charge is 0.508 e. The van der Waals surface area contributed by atoms with Crippen molar-refractivity contribution in [1.82, 2.24) is 9.97 Å². The number of phenols is 2. The number of para-hydroxylation sites is 2. The number of fused-ring (bicyclic) bond motifs is 1. The average molecular weight is 350 g/mol. The van der Waals surface area contributed by atoms with Crippen molar-refractivity contribution in [3.8, 4) is 11.5 Å². The summed E-state index contributed by atoms with van der Waals surface area (Å²) in [6, 6.07) is 11.6. The molecule has 1 aliphatic heterocycles. The van der Waals surface area contributed by atoms with Crippen molar-refractivity contribution < 1.29 is 15.0 Å². The summed E-state index contributed by atoms with van der Waals surface area (Å²) in [4.78, 5) is 22.3. The number of phenolic OH excluding ortho intramolecular Hbond substituents is 2. The lowest BCUT2D eigenvalue weighted by Gasteiger charge is -2.33. The predicted molar refractivity (Wildman–Crippen MR) is 98.5 cm³/mol. The van der Waals surface area contributed by atoms with Crippen LogP contribution in [0.25, 0.3) is 16.6 Å². The van der Waals surface area contributed by atoms with Gasteiger partial charge in [-0.3, -0.25) is 4.79 Å². The number of carbonyl (C=O) groups excluding carboxylic acids is 1. The molecule has 0 fully saturated rings. The van der Waals surface area contributed by atoms with Crippen molar-refractivity contribution in [2.45, 2.75) is 19.4 Å². The molecule has 2 heterocycles. The molecular formula is C19H18N4O3. The zero-order chi connectivity index (χ0) is 18.6. The number of benzene rings is 2. The second-order valence-electron chi connectivity index (χ2n) is 6.79. The fourth-order valence-electron chi connectivity index (χ4n) is 3.41. The Morgan fingerprint density at radius 3 is 2.42 bits per heavy atom. The summed E-state index contributed by atoms with van der Waals surface area (Å²) in [5.74, 6) is 0.177. The molecule has 0 atom stereocenters. The number of H-pyrrole nitrogens is 1. The monoisotopic (exact) mass is 350 g/mol. The van der Waals surface area contributed by atoms with Crippen LogP contribution >= 0.6 is 0 Å². The highest BCUT2D eigenvalue weighted by Gasteiger charge is 2.47. The summed E-state index contributed by atoms with van der Waals surface area (Å²) in [6.07, 6.45) is 0. The number of carbonyl (C=O) groups is 1. The highest BCUT2D eigenvalue weighted by molar-refractivity contribution is 6.29. The number of nitrogens with two attached hydrogens (primary N) is 1. The molecule has 5 N–H and O–H groups in total. The first kappa shape index (κ1) is 16.0. The standard InChI is InChI=1S/C19H18N4O3/c1-19(2)16(26)15(18-21-13-5-3-4-6-14(13)22-18)17(20)23(19)10-7-11(24)9-12(25)8-10/h3-9,24-25H,20H2,1-2H3,(H,21,22). The van der Waals surface area contributed by atoms with Gasteiger partial charge in [0.05, 0.1) is 16.7 Å². The van der Waals surface area contributed by atoms with Gasteiger partial charge in [0.2, 0.25) is 0 Å². The van der Waals surface area contributed by atoms with Gasteiger partial charge in [-0.2, -0.15) is 0 Å². The zero-order valence-electron chi connectivity index (χ0n) is 14.3. The SMILES string of the molecule is CC1(C)C(=O)C(c2nc3ccccc3[nH]2)=C(N)N1c1cc(O)cc(O)c1. The fourth-order valence-corrected chi connectivity index (χ4v) is 3.41. The third kappa shape index (κ3) is 2.21. The van der Waals surface area contributed by atoms with E-state index < -0.39 is 5.54 Å². The third-order valence-electron chi connectivity index (χ3n) is 4.61. The van der Waals surface area contributed by atoms with Crippen LogP contribution in [0.15, 0.2) is 48.3 Å². The number of aromatic nitrogens is 2. The van der Waals surface area contributed by atoms with Crippen LogP contribution in [0.2, 0.25) is 0 Å². The van der Waals surface area contributed by atoms with Gasteiger partial charge in [-0.1, -0.05) is 12.1 Å². The molecule has 0 amide bonds. The minimum atomic E-state index is -1.00. The number of aromatic amines is 1. The molecule has 26 heavy (non-hydrogen) atoms. The van der Waals surface area contributed by atoms with Gasteiger partial charge in [-0.05, 0) is 26.0 Å². The number of imidazole rings is 1. The average Bonchev–Trinajstić information content (AvgIpc) is 3.03. The minimum Gasteiger partial charge on any atom is -0.508 e. The van der Waals surface area contributed by atoms with Gasteiger partial charge in [-0.25, -0.2) is 4.98 Å². The van der Waals surface area contributed by atoms with E-state index in [1.165, 1.54) is 18.2 Å². The normalized spacial score (nSPS) is 16.7. The van der Waals surface area contributed by atoms with Crippen LogP contribution in [0.4, 0.5) is 5.69 Å². The van der Waals surface area contributed by atoms with Gasteiger partial charge in [0.15, 0.2) is 5.78 Å². The topological polar surface area (TPSA) is 115 Å². The maximum Gasteiger partial charge on any atom is 0.195 e. The highest BCUT2D eigenvalue weighted by Crippen LogP contribution is 2.41. The van der Waals surface area contributed by atoms with E-state index >= 15 is 0 Å². The van der Waals surface area contributed by atoms with Gasteiger partial charge in [-0.15, -0.1) is 0 Å². The Kier molecular flexibility index (Phi) is 3.24. The van der Waals surface area contributed by atoms with Gasteiger partial charge in [0, 0.05) is 18.2 Å². The van der Waals surface area contributed by atoms with E-state index in [-0.39, 0.29) is 28.7 Å². The molecule has 3 aromatic rings. The summed E-state index contributed by atoms with van der Waals surface area (Å²) in [5.41, 5.74) is 7.59.